The number of aliphatic hydroxyl groups is 1. The van der Waals surface area contributed by atoms with Gasteiger partial charge in [0.05, 0.1) is 11.8 Å². The maximum absolute atomic E-state index is 12.6. The monoisotopic (exact) mass is 314 g/mol. The molecule has 0 saturated carbocycles. The predicted octanol–water partition coefficient (Wildman–Crippen LogP) is 2.45. The first kappa shape index (κ1) is 16.9. The van der Waals surface area contributed by atoms with Gasteiger partial charge in [0.15, 0.2) is 0 Å². The van der Waals surface area contributed by atoms with E-state index in [1.807, 2.05) is 19.1 Å². The van der Waals surface area contributed by atoms with E-state index in [1.54, 1.807) is 49.5 Å². The first-order chi connectivity index (χ1) is 10.9. The van der Waals surface area contributed by atoms with Gasteiger partial charge in [-0.25, -0.2) is 4.98 Å². The third-order valence-corrected chi connectivity index (χ3v) is 3.19. The molecule has 1 aromatic carbocycles. The van der Waals surface area contributed by atoms with Crippen LogP contribution in [0.15, 0.2) is 42.9 Å². The summed E-state index contributed by atoms with van der Waals surface area (Å²) in [6.45, 7) is 6.09. The van der Waals surface area contributed by atoms with Crippen molar-refractivity contribution in [2.45, 2.75) is 26.4 Å². The topological polar surface area (TPSA) is 78.4 Å². The minimum absolute atomic E-state index is 0.113. The summed E-state index contributed by atoms with van der Waals surface area (Å²) in [4.78, 5) is 22.4. The van der Waals surface area contributed by atoms with Crippen molar-refractivity contribution in [2.75, 3.05) is 18.4 Å². The Kier molecular flexibility index (Phi) is 5.28. The quantitative estimate of drug-likeness (QED) is 0.856. The highest BCUT2D eigenvalue weighted by Crippen LogP contribution is 2.17. The number of hydrogen-bond donors (Lipinski definition) is 2. The van der Waals surface area contributed by atoms with Crippen molar-refractivity contribution >= 4 is 17.4 Å². The minimum Gasteiger partial charge on any atom is -0.389 e. The zero-order chi connectivity index (χ0) is 16.9. The lowest BCUT2D eigenvalue weighted by atomic mass is 10.1. The van der Waals surface area contributed by atoms with Gasteiger partial charge in [-0.05, 0) is 39.0 Å². The van der Waals surface area contributed by atoms with Gasteiger partial charge >= 0.3 is 0 Å². The maximum Gasteiger partial charge on any atom is 0.254 e. The van der Waals surface area contributed by atoms with Gasteiger partial charge in [-0.2, -0.15) is 0 Å². The molecule has 6 heteroatoms. The number of anilines is 2. The van der Waals surface area contributed by atoms with E-state index < -0.39 is 5.60 Å². The number of aromatic nitrogens is 2. The first-order valence-electron chi connectivity index (χ1n) is 7.54. The fourth-order valence-electron chi connectivity index (χ4n) is 2.22. The Morgan fingerprint density at radius 2 is 2.13 bits per heavy atom. The lowest BCUT2D eigenvalue weighted by Crippen LogP contribution is -2.42. The second-order valence-corrected chi connectivity index (χ2v) is 5.93. The number of hydrogen-bond acceptors (Lipinski definition) is 5. The molecule has 0 saturated heterocycles. The molecule has 0 aliphatic heterocycles. The average Bonchev–Trinajstić information content (AvgIpc) is 2.52. The van der Waals surface area contributed by atoms with Crippen molar-refractivity contribution in [3.63, 3.8) is 0 Å². The van der Waals surface area contributed by atoms with E-state index in [2.05, 4.69) is 15.3 Å². The summed E-state index contributed by atoms with van der Waals surface area (Å²) >= 11 is 0. The minimum atomic E-state index is -0.929. The van der Waals surface area contributed by atoms with Crippen LogP contribution < -0.4 is 5.32 Å². The van der Waals surface area contributed by atoms with Gasteiger partial charge < -0.3 is 15.3 Å². The van der Waals surface area contributed by atoms with Crippen LogP contribution in [-0.4, -0.2) is 44.6 Å². The number of carbonyl (C=O) groups is 1. The fourth-order valence-corrected chi connectivity index (χ4v) is 2.22. The number of rotatable bonds is 6. The lowest BCUT2D eigenvalue weighted by molar-refractivity contribution is 0.0315. The summed E-state index contributed by atoms with van der Waals surface area (Å²) in [6.07, 6.45) is 4.81. The van der Waals surface area contributed by atoms with Gasteiger partial charge in [0.2, 0.25) is 0 Å². The van der Waals surface area contributed by atoms with E-state index in [0.717, 1.165) is 5.69 Å². The SMILES string of the molecule is CCN(CC(C)(C)O)C(=O)c1cccc(Nc2cnccn2)c1. The van der Waals surface area contributed by atoms with Gasteiger partial charge in [-0.3, -0.25) is 9.78 Å². The highest BCUT2D eigenvalue weighted by atomic mass is 16.3. The number of amides is 1. The summed E-state index contributed by atoms with van der Waals surface area (Å²) < 4.78 is 0. The molecule has 0 fully saturated rings. The standard InChI is InChI=1S/C17H22N4O2/c1-4-21(12-17(2,3)23)16(22)13-6-5-7-14(10-13)20-15-11-18-8-9-19-15/h5-11,23H,4,12H2,1-3H3,(H,19,20). The smallest absolute Gasteiger partial charge is 0.254 e. The number of nitrogens with one attached hydrogen (secondary N) is 1. The van der Waals surface area contributed by atoms with Crippen LogP contribution in [-0.2, 0) is 0 Å². The summed E-state index contributed by atoms with van der Waals surface area (Å²) in [7, 11) is 0. The second-order valence-electron chi connectivity index (χ2n) is 5.93. The van der Waals surface area contributed by atoms with Crippen LogP contribution in [0.3, 0.4) is 0 Å². The molecule has 0 aliphatic carbocycles. The molecule has 0 radical (unpaired) electrons. The molecule has 23 heavy (non-hydrogen) atoms. The van der Waals surface area contributed by atoms with Crippen LogP contribution in [0.5, 0.6) is 0 Å². The van der Waals surface area contributed by atoms with Gasteiger partial charge in [0, 0.05) is 36.7 Å². The van der Waals surface area contributed by atoms with E-state index >= 15 is 0 Å². The molecule has 0 spiro atoms. The van der Waals surface area contributed by atoms with Crippen molar-refractivity contribution in [3.05, 3.63) is 48.4 Å². The zero-order valence-electron chi connectivity index (χ0n) is 13.7. The molecule has 1 heterocycles. The average molecular weight is 314 g/mol. The van der Waals surface area contributed by atoms with Crippen molar-refractivity contribution < 1.29 is 9.90 Å². The Balaban J connectivity index is 2.16. The van der Waals surface area contributed by atoms with E-state index in [1.165, 1.54) is 0 Å². The highest BCUT2D eigenvalue weighted by Gasteiger charge is 2.22. The van der Waals surface area contributed by atoms with E-state index in [4.69, 9.17) is 0 Å². The van der Waals surface area contributed by atoms with Crippen molar-refractivity contribution in [2.24, 2.45) is 0 Å². The molecule has 0 bridgehead atoms. The molecule has 1 aromatic heterocycles. The summed E-state index contributed by atoms with van der Waals surface area (Å²) in [5.74, 6) is 0.498. The first-order valence-corrected chi connectivity index (χ1v) is 7.54. The van der Waals surface area contributed by atoms with E-state index in [9.17, 15) is 9.90 Å². The Morgan fingerprint density at radius 1 is 1.35 bits per heavy atom. The molecule has 0 unspecified atom stereocenters. The maximum atomic E-state index is 12.6. The molecule has 0 aliphatic rings. The summed E-state index contributed by atoms with van der Waals surface area (Å²) in [6, 6.07) is 7.20. The third kappa shape index (κ3) is 5.03. The molecule has 2 aromatic rings. The zero-order valence-corrected chi connectivity index (χ0v) is 13.7. The lowest BCUT2D eigenvalue weighted by Gasteiger charge is -2.28. The summed E-state index contributed by atoms with van der Waals surface area (Å²) in [5.41, 5.74) is 0.391. The molecule has 2 rings (SSSR count). The Morgan fingerprint density at radius 3 is 2.74 bits per heavy atom. The molecule has 122 valence electrons. The molecule has 0 atom stereocenters. The molecule has 1 amide bonds. The summed E-state index contributed by atoms with van der Waals surface area (Å²) in [5, 5.41) is 13.1. The van der Waals surface area contributed by atoms with Crippen LogP contribution in [0, 0.1) is 0 Å². The Hall–Kier alpha value is -2.47. The van der Waals surface area contributed by atoms with Crippen LogP contribution >= 0.6 is 0 Å². The fraction of sp³-hybridized carbons (Fsp3) is 0.353. The second kappa shape index (κ2) is 7.19. The third-order valence-electron chi connectivity index (χ3n) is 3.19. The number of nitrogens with zero attached hydrogens (tertiary/aromatic N) is 3. The van der Waals surface area contributed by atoms with Gasteiger partial charge in [-0.15, -0.1) is 0 Å². The van der Waals surface area contributed by atoms with Crippen molar-refractivity contribution in [3.8, 4) is 0 Å². The van der Waals surface area contributed by atoms with Gasteiger partial charge in [0.1, 0.15) is 5.82 Å². The van der Waals surface area contributed by atoms with Gasteiger partial charge in [-0.1, -0.05) is 6.07 Å². The van der Waals surface area contributed by atoms with Crippen LogP contribution in [0.1, 0.15) is 31.1 Å². The largest absolute Gasteiger partial charge is 0.389 e. The van der Waals surface area contributed by atoms with Crippen molar-refractivity contribution in [1.82, 2.24) is 14.9 Å². The molecular formula is C17H22N4O2. The highest BCUT2D eigenvalue weighted by molar-refractivity contribution is 5.95. The predicted molar refractivity (Wildman–Crippen MR) is 89.6 cm³/mol. The number of carbonyl (C=O) groups excluding carboxylic acids is 1. The van der Waals surface area contributed by atoms with E-state index in [0.29, 0.717) is 17.9 Å². The van der Waals surface area contributed by atoms with Crippen LogP contribution in [0.25, 0.3) is 0 Å². The van der Waals surface area contributed by atoms with Gasteiger partial charge in [0.25, 0.3) is 5.91 Å². The van der Waals surface area contributed by atoms with Crippen molar-refractivity contribution in [1.29, 1.82) is 0 Å². The molecule has 6 nitrogen and oxygen atoms in total. The number of likely N-dealkylation sites (N-methyl/N-ethyl adjacent to an activating group) is 1. The van der Waals surface area contributed by atoms with Crippen LogP contribution in [0.4, 0.5) is 11.5 Å². The number of benzene rings is 1. The van der Waals surface area contributed by atoms with E-state index in [-0.39, 0.29) is 12.5 Å². The Bertz CT molecular complexity index is 653. The Labute approximate surface area is 136 Å². The molecular weight excluding hydrogens is 292 g/mol. The normalized spacial score (nSPS) is 11.1. The molecule has 2 N–H and O–H groups in total. The van der Waals surface area contributed by atoms with Crippen LogP contribution in [0.2, 0.25) is 0 Å².